The fraction of sp³-hybridized carbons (Fsp3) is 0.455. The maximum atomic E-state index is 11.9. The summed E-state index contributed by atoms with van der Waals surface area (Å²) in [5, 5.41) is 9.81. The number of fused-ring (bicyclic) bond motifs is 1. The first-order valence-corrected chi connectivity index (χ1v) is 6.32. The molecule has 0 saturated carbocycles. The Kier molecular flexibility index (Phi) is 2.46. The molecular formula is C11H15NO2S. The minimum atomic E-state index is -1.11. The van der Waals surface area contributed by atoms with E-state index in [1.165, 1.54) is 0 Å². The highest BCUT2D eigenvalue weighted by atomic mass is 32.2. The molecule has 1 aliphatic heterocycles. The van der Waals surface area contributed by atoms with Crippen LogP contribution in [0.4, 0.5) is 5.69 Å². The highest BCUT2D eigenvalue weighted by Gasteiger charge is 2.26. The average Bonchev–Trinajstić information content (AvgIpc) is 2.13. The number of hydrogen-bond acceptors (Lipinski definition) is 3. The van der Waals surface area contributed by atoms with Gasteiger partial charge in [-0.2, -0.15) is 0 Å². The van der Waals surface area contributed by atoms with Crippen molar-refractivity contribution in [2.75, 3.05) is 11.5 Å². The fourth-order valence-electron chi connectivity index (χ4n) is 2.09. The molecule has 82 valence electrons. The number of phenols is 1. The van der Waals surface area contributed by atoms with Crippen molar-refractivity contribution >= 4 is 16.5 Å². The van der Waals surface area contributed by atoms with Crippen LogP contribution >= 0.6 is 0 Å². The Morgan fingerprint density at radius 1 is 1.60 bits per heavy atom. The molecule has 1 aromatic carbocycles. The van der Waals surface area contributed by atoms with Crippen molar-refractivity contribution in [2.45, 2.75) is 25.2 Å². The molecule has 2 rings (SSSR count). The van der Waals surface area contributed by atoms with Gasteiger partial charge in [0.15, 0.2) is 5.75 Å². The summed E-state index contributed by atoms with van der Waals surface area (Å²) in [5.74, 6) is 1.03. The molecule has 3 nitrogen and oxygen atoms in total. The number of aryl methyl sites for hydroxylation is 1. The van der Waals surface area contributed by atoms with Crippen molar-refractivity contribution in [1.82, 2.24) is 0 Å². The standard InChI is InChI=1S/C11H15NO2S/c1-6-3-8-7(2)4-9(12)10(13)11(8)15(14)5-6/h4,6,13H,3,5,12H2,1-2H3/t6?,15-/m0/s1. The Labute approximate surface area is 91.8 Å². The van der Waals surface area contributed by atoms with Gasteiger partial charge in [-0.15, -0.1) is 0 Å². The van der Waals surface area contributed by atoms with Crippen LogP contribution in [0, 0.1) is 12.8 Å². The predicted molar refractivity (Wildman–Crippen MR) is 61.4 cm³/mol. The van der Waals surface area contributed by atoms with Gasteiger partial charge < -0.3 is 10.8 Å². The van der Waals surface area contributed by atoms with Gasteiger partial charge in [-0.25, -0.2) is 0 Å². The summed E-state index contributed by atoms with van der Waals surface area (Å²) in [6.07, 6.45) is 0.876. The second-order valence-corrected chi connectivity index (χ2v) is 5.69. The van der Waals surface area contributed by atoms with Gasteiger partial charge in [0, 0.05) is 5.75 Å². The lowest BCUT2D eigenvalue weighted by atomic mass is 9.97. The Morgan fingerprint density at radius 3 is 2.93 bits per heavy atom. The fourth-order valence-corrected chi connectivity index (χ4v) is 3.74. The van der Waals surface area contributed by atoms with E-state index in [9.17, 15) is 9.32 Å². The summed E-state index contributed by atoms with van der Waals surface area (Å²) in [7, 11) is -1.11. The van der Waals surface area contributed by atoms with Crippen molar-refractivity contribution in [2.24, 2.45) is 5.92 Å². The molecule has 3 N–H and O–H groups in total. The Balaban J connectivity index is 2.69. The van der Waals surface area contributed by atoms with Crippen molar-refractivity contribution in [3.8, 4) is 5.75 Å². The van der Waals surface area contributed by atoms with Crippen LogP contribution in [0.1, 0.15) is 18.1 Å². The van der Waals surface area contributed by atoms with E-state index in [4.69, 9.17) is 5.73 Å². The third-order valence-corrected chi connectivity index (χ3v) is 4.59. The molecule has 0 spiro atoms. The molecule has 0 amide bonds. The molecule has 0 bridgehead atoms. The van der Waals surface area contributed by atoms with Crippen LogP contribution < -0.4 is 5.73 Å². The second-order valence-electron chi connectivity index (χ2n) is 4.26. The minimum Gasteiger partial charge on any atom is -0.505 e. The summed E-state index contributed by atoms with van der Waals surface area (Å²) in [4.78, 5) is 0.561. The molecule has 0 aromatic heterocycles. The number of benzene rings is 1. The van der Waals surface area contributed by atoms with Crippen LogP contribution in [-0.2, 0) is 17.2 Å². The topological polar surface area (TPSA) is 63.3 Å². The van der Waals surface area contributed by atoms with Gasteiger partial charge in [-0.3, -0.25) is 4.21 Å². The highest BCUT2D eigenvalue weighted by Crippen LogP contribution is 2.38. The molecule has 0 saturated heterocycles. The molecule has 1 heterocycles. The normalized spacial score (nSPS) is 24.9. The molecule has 0 fully saturated rings. The summed E-state index contributed by atoms with van der Waals surface area (Å²) in [5.41, 5.74) is 8.03. The summed E-state index contributed by atoms with van der Waals surface area (Å²) >= 11 is 0. The third-order valence-electron chi connectivity index (χ3n) is 2.83. The minimum absolute atomic E-state index is 0.0147. The van der Waals surface area contributed by atoms with E-state index in [0.29, 0.717) is 22.3 Å². The average molecular weight is 225 g/mol. The van der Waals surface area contributed by atoms with Gasteiger partial charge in [0.2, 0.25) is 0 Å². The number of anilines is 1. The maximum absolute atomic E-state index is 11.9. The van der Waals surface area contributed by atoms with Crippen molar-refractivity contribution in [1.29, 1.82) is 0 Å². The Hall–Kier alpha value is -1.03. The second kappa shape index (κ2) is 3.52. The first-order valence-electron chi connectivity index (χ1n) is 5.00. The zero-order valence-electron chi connectivity index (χ0n) is 8.91. The lowest BCUT2D eigenvalue weighted by Crippen LogP contribution is -2.20. The van der Waals surface area contributed by atoms with E-state index in [1.807, 2.05) is 6.92 Å². The van der Waals surface area contributed by atoms with Crippen LogP contribution in [0.15, 0.2) is 11.0 Å². The number of phenolic OH excluding ortho intramolecular Hbond substituents is 1. The summed E-state index contributed by atoms with van der Waals surface area (Å²) in [6.45, 7) is 4.03. The number of hydrogen-bond donors (Lipinski definition) is 2. The van der Waals surface area contributed by atoms with Gasteiger partial charge in [-0.1, -0.05) is 6.92 Å². The highest BCUT2D eigenvalue weighted by molar-refractivity contribution is 7.85. The van der Waals surface area contributed by atoms with E-state index in [2.05, 4.69) is 6.92 Å². The SMILES string of the molecule is Cc1cc(N)c(O)c2c1CC(C)C[S@@]2=O. The largest absolute Gasteiger partial charge is 0.505 e. The quantitative estimate of drug-likeness (QED) is 0.520. The van der Waals surface area contributed by atoms with E-state index in [-0.39, 0.29) is 5.75 Å². The lowest BCUT2D eigenvalue weighted by molar-refractivity contribution is 0.458. The van der Waals surface area contributed by atoms with E-state index < -0.39 is 10.8 Å². The molecule has 2 atom stereocenters. The van der Waals surface area contributed by atoms with Crippen LogP contribution in [0.2, 0.25) is 0 Å². The van der Waals surface area contributed by atoms with Crippen LogP contribution in [-0.4, -0.2) is 15.1 Å². The van der Waals surface area contributed by atoms with Gasteiger partial charge in [-0.05, 0) is 36.5 Å². The lowest BCUT2D eigenvalue weighted by Gasteiger charge is -2.24. The van der Waals surface area contributed by atoms with Crippen molar-refractivity contribution < 1.29 is 9.32 Å². The first kappa shape index (κ1) is 10.5. The number of aromatic hydroxyl groups is 1. The number of nitrogen functional groups attached to an aromatic ring is 1. The predicted octanol–water partition coefficient (Wildman–Crippen LogP) is 1.58. The molecule has 0 radical (unpaired) electrons. The number of rotatable bonds is 0. The van der Waals surface area contributed by atoms with Gasteiger partial charge in [0.1, 0.15) is 0 Å². The number of nitrogens with two attached hydrogens (primary N) is 1. The first-order chi connectivity index (χ1) is 7.00. The maximum Gasteiger partial charge on any atom is 0.154 e. The molecule has 4 heteroatoms. The van der Waals surface area contributed by atoms with Crippen LogP contribution in [0.5, 0.6) is 5.75 Å². The van der Waals surface area contributed by atoms with Gasteiger partial charge >= 0.3 is 0 Å². The Bertz CT molecular complexity index is 443. The molecule has 0 aliphatic carbocycles. The van der Waals surface area contributed by atoms with Crippen LogP contribution in [0.25, 0.3) is 0 Å². The molecular weight excluding hydrogens is 210 g/mol. The molecule has 15 heavy (non-hydrogen) atoms. The molecule has 1 aromatic rings. The van der Waals surface area contributed by atoms with Gasteiger partial charge in [0.05, 0.1) is 21.4 Å². The van der Waals surface area contributed by atoms with E-state index in [1.54, 1.807) is 6.07 Å². The smallest absolute Gasteiger partial charge is 0.154 e. The zero-order chi connectivity index (χ0) is 11.2. The summed E-state index contributed by atoms with van der Waals surface area (Å²) in [6, 6.07) is 1.75. The molecule has 1 aliphatic rings. The zero-order valence-corrected chi connectivity index (χ0v) is 9.73. The third kappa shape index (κ3) is 1.63. The van der Waals surface area contributed by atoms with Crippen molar-refractivity contribution in [3.63, 3.8) is 0 Å². The van der Waals surface area contributed by atoms with E-state index in [0.717, 1.165) is 17.5 Å². The monoisotopic (exact) mass is 225 g/mol. The molecule has 1 unspecified atom stereocenters. The van der Waals surface area contributed by atoms with E-state index >= 15 is 0 Å². The van der Waals surface area contributed by atoms with Crippen LogP contribution in [0.3, 0.4) is 0 Å². The summed E-state index contributed by atoms with van der Waals surface area (Å²) < 4.78 is 11.9. The van der Waals surface area contributed by atoms with Gasteiger partial charge in [0.25, 0.3) is 0 Å². The van der Waals surface area contributed by atoms with Crippen molar-refractivity contribution in [3.05, 3.63) is 17.2 Å². The Morgan fingerprint density at radius 2 is 2.27 bits per heavy atom.